The lowest BCUT2D eigenvalue weighted by Gasteiger charge is -2.18. The number of aryl methyl sites for hydroxylation is 2. The fourth-order valence-corrected chi connectivity index (χ4v) is 3.72. The second-order valence-corrected chi connectivity index (χ2v) is 6.63. The molecule has 1 aromatic rings. The molecule has 116 valence electrons. The third-order valence-electron chi connectivity index (χ3n) is 4.98. The smallest absolute Gasteiger partial charge is 0.119 e. The van der Waals surface area contributed by atoms with Crippen LogP contribution in [0.5, 0.6) is 5.75 Å². The van der Waals surface area contributed by atoms with Crippen LogP contribution in [0.3, 0.4) is 0 Å². The van der Waals surface area contributed by atoms with Crippen molar-refractivity contribution in [3.8, 4) is 5.75 Å². The number of fused-ring (bicyclic) bond motifs is 1. The first-order chi connectivity index (χ1) is 10.4. The van der Waals surface area contributed by atoms with Gasteiger partial charge in [0, 0.05) is 12.6 Å². The van der Waals surface area contributed by atoms with E-state index in [-0.39, 0.29) is 0 Å². The summed E-state index contributed by atoms with van der Waals surface area (Å²) in [6, 6.07) is 7.40. The first kappa shape index (κ1) is 14.9. The maximum absolute atomic E-state index is 5.93. The van der Waals surface area contributed by atoms with E-state index in [2.05, 4.69) is 23.5 Å². The van der Waals surface area contributed by atoms with E-state index in [1.54, 1.807) is 0 Å². The van der Waals surface area contributed by atoms with Gasteiger partial charge in [0.05, 0.1) is 0 Å². The van der Waals surface area contributed by atoms with Gasteiger partial charge in [0.15, 0.2) is 0 Å². The molecular formula is C19H29NO. The third kappa shape index (κ3) is 4.47. The molecule has 1 fully saturated rings. The predicted octanol–water partition coefficient (Wildman–Crippen LogP) is 4.26. The molecule has 0 aliphatic heterocycles. The van der Waals surface area contributed by atoms with Gasteiger partial charge >= 0.3 is 0 Å². The summed E-state index contributed by atoms with van der Waals surface area (Å²) in [5.74, 6) is 1.05. The molecule has 0 saturated heterocycles. The fourth-order valence-electron chi connectivity index (χ4n) is 3.72. The molecule has 2 nitrogen and oxygen atoms in total. The summed E-state index contributed by atoms with van der Waals surface area (Å²) < 4.78 is 5.93. The lowest BCUT2D eigenvalue weighted by atomic mass is 9.92. The number of nitrogens with one attached hydrogen (secondary N) is 1. The summed E-state index contributed by atoms with van der Waals surface area (Å²) in [6.07, 6.45) is 13.5. The van der Waals surface area contributed by atoms with Crippen LogP contribution >= 0.6 is 0 Å². The highest BCUT2D eigenvalue weighted by Gasteiger charge is 2.12. The zero-order valence-electron chi connectivity index (χ0n) is 13.2. The van der Waals surface area contributed by atoms with Crippen molar-refractivity contribution in [3.63, 3.8) is 0 Å². The van der Waals surface area contributed by atoms with Crippen molar-refractivity contribution in [2.75, 3.05) is 13.2 Å². The highest BCUT2D eigenvalue weighted by molar-refractivity contribution is 5.37. The van der Waals surface area contributed by atoms with Gasteiger partial charge < -0.3 is 10.1 Å². The standard InChI is InChI=1S/C19H29NO/c1-2-4-10-18(9-3-1)20-13-14-21-19-12-11-16-7-5-6-8-17(16)15-19/h11-12,15,18,20H,1-10,13-14H2. The maximum Gasteiger partial charge on any atom is 0.119 e. The summed E-state index contributed by atoms with van der Waals surface area (Å²) in [5, 5.41) is 3.67. The van der Waals surface area contributed by atoms with E-state index in [4.69, 9.17) is 4.74 Å². The SMILES string of the molecule is c1cc2c(cc1OCCNC1CCCCCC1)CCCC2. The fraction of sp³-hybridized carbons (Fsp3) is 0.684. The number of rotatable bonds is 5. The molecule has 0 atom stereocenters. The van der Waals surface area contributed by atoms with Crippen LogP contribution in [0.25, 0.3) is 0 Å². The Morgan fingerprint density at radius 1 is 0.905 bits per heavy atom. The maximum atomic E-state index is 5.93. The molecule has 2 heteroatoms. The zero-order chi connectivity index (χ0) is 14.3. The van der Waals surface area contributed by atoms with Gasteiger partial charge in [-0.1, -0.05) is 31.7 Å². The molecule has 0 unspecified atom stereocenters. The minimum Gasteiger partial charge on any atom is -0.492 e. The third-order valence-corrected chi connectivity index (χ3v) is 4.98. The van der Waals surface area contributed by atoms with Gasteiger partial charge in [-0.25, -0.2) is 0 Å². The summed E-state index contributed by atoms with van der Waals surface area (Å²) in [5.41, 5.74) is 3.04. The van der Waals surface area contributed by atoms with Crippen LogP contribution in [0.1, 0.15) is 62.5 Å². The van der Waals surface area contributed by atoms with Crippen LogP contribution in [0.2, 0.25) is 0 Å². The summed E-state index contributed by atoms with van der Waals surface area (Å²) in [7, 11) is 0. The summed E-state index contributed by atoms with van der Waals surface area (Å²) in [6.45, 7) is 1.76. The number of hydrogen-bond donors (Lipinski definition) is 1. The van der Waals surface area contributed by atoms with Crippen LogP contribution in [-0.2, 0) is 12.8 Å². The molecule has 1 N–H and O–H groups in total. The lowest BCUT2D eigenvalue weighted by molar-refractivity contribution is 0.300. The van der Waals surface area contributed by atoms with Crippen molar-refractivity contribution in [1.29, 1.82) is 0 Å². The highest BCUT2D eigenvalue weighted by Crippen LogP contribution is 2.25. The normalized spacial score (nSPS) is 19.8. The predicted molar refractivity (Wildman–Crippen MR) is 88.1 cm³/mol. The Balaban J connectivity index is 1.40. The van der Waals surface area contributed by atoms with Gasteiger partial charge in [0.1, 0.15) is 12.4 Å². The molecule has 1 aromatic carbocycles. The van der Waals surface area contributed by atoms with Crippen LogP contribution in [-0.4, -0.2) is 19.2 Å². The Kier molecular flexibility index (Phi) is 5.56. The Hall–Kier alpha value is -1.02. The van der Waals surface area contributed by atoms with Crippen LogP contribution in [0.15, 0.2) is 18.2 Å². The van der Waals surface area contributed by atoms with E-state index in [0.717, 1.165) is 24.9 Å². The van der Waals surface area contributed by atoms with E-state index in [0.29, 0.717) is 0 Å². The molecule has 0 heterocycles. The molecule has 0 radical (unpaired) electrons. The Labute approximate surface area is 129 Å². The van der Waals surface area contributed by atoms with Crippen molar-refractivity contribution < 1.29 is 4.74 Å². The van der Waals surface area contributed by atoms with Gasteiger partial charge in [-0.15, -0.1) is 0 Å². The van der Waals surface area contributed by atoms with Gasteiger partial charge in [0.2, 0.25) is 0 Å². The molecular weight excluding hydrogens is 258 g/mol. The van der Waals surface area contributed by atoms with E-state index >= 15 is 0 Å². The Bertz CT molecular complexity index is 435. The molecule has 0 aromatic heterocycles. The number of hydrogen-bond acceptors (Lipinski definition) is 2. The zero-order valence-corrected chi connectivity index (χ0v) is 13.2. The van der Waals surface area contributed by atoms with Gasteiger partial charge in [-0.05, 0) is 61.8 Å². The van der Waals surface area contributed by atoms with E-state index in [1.165, 1.54) is 75.3 Å². The topological polar surface area (TPSA) is 21.3 Å². The molecule has 0 amide bonds. The molecule has 0 spiro atoms. The second kappa shape index (κ2) is 7.84. The first-order valence-corrected chi connectivity index (χ1v) is 8.90. The van der Waals surface area contributed by atoms with Crippen LogP contribution in [0, 0.1) is 0 Å². The largest absolute Gasteiger partial charge is 0.492 e. The molecule has 2 aliphatic rings. The molecule has 3 rings (SSSR count). The van der Waals surface area contributed by atoms with Gasteiger partial charge in [-0.3, -0.25) is 0 Å². The minimum absolute atomic E-state index is 0.722. The van der Waals surface area contributed by atoms with Gasteiger partial charge in [-0.2, -0.15) is 0 Å². The molecule has 0 bridgehead atoms. The Morgan fingerprint density at radius 3 is 2.48 bits per heavy atom. The van der Waals surface area contributed by atoms with Crippen molar-refractivity contribution in [2.24, 2.45) is 0 Å². The lowest BCUT2D eigenvalue weighted by Crippen LogP contribution is -2.32. The second-order valence-electron chi connectivity index (χ2n) is 6.63. The Morgan fingerprint density at radius 2 is 1.67 bits per heavy atom. The average Bonchev–Trinajstić information content (AvgIpc) is 2.80. The van der Waals surface area contributed by atoms with Gasteiger partial charge in [0.25, 0.3) is 0 Å². The summed E-state index contributed by atoms with van der Waals surface area (Å²) in [4.78, 5) is 0. The highest BCUT2D eigenvalue weighted by atomic mass is 16.5. The van der Waals surface area contributed by atoms with E-state index in [9.17, 15) is 0 Å². The summed E-state index contributed by atoms with van der Waals surface area (Å²) >= 11 is 0. The van der Waals surface area contributed by atoms with Crippen LogP contribution < -0.4 is 10.1 Å². The van der Waals surface area contributed by atoms with Crippen molar-refractivity contribution in [1.82, 2.24) is 5.32 Å². The molecule has 2 aliphatic carbocycles. The minimum atomic E-state index is 0.722. The molecule has 21 heavy (non-hydrogen) atoms. The van der Waals surface area contributed by atoms with E-state index < -0.39 is 0 Å². The van der Waals surface area contributed by atoms with Crippen LogP contribution in [0.4, 0.5) is 0 Å². The van der Waals surface area contributed by atoms with Crippen molar-refractivity contribution in [3.05, 3.63) is 29.3 Å². The molecule has 1 saturated carbocycles. The number of benzene rings is 1. The monoisotopic (exact) mass is 287 g/mol. The quantitative estimate of drug-likeness (QED) is 0.645. The van der Waals surface area contributed by atoms with Crippen molar-refractivity contribution in [2.45, 2.75) is 70.3 Å². The first-order valence-electron chi connectivity index (χ1n) is 8.90. The number of ether oxygens (including phenoxy) is 1. The average molecular weight is 287 g/mol. The van der Waals surface area contributed by atoms with E-state index in [1.807, 2.05) is 0 Å². The van der Waals surface area contributed by atoms with Crippen molar-refractivity contribution >= 4 is 0 Å².